The Balaban J connectivity index is 1.56. The van der Waals surface area contributed by atoms with Crippen molar-refractivity contribution >= 4 is 70.8 Å². The first-order valence-corrected chi connectivity index (χ1v) is 12.8. The van der Waals surface area contributed by atoms with Crippen molar-refractivity contribution in [2.45, 2.75) is 0 Å². The summed E-state index contributed by atoms with van der Waals surface area (Å²) in [6.07, 6.45) is 0. The molecular weight excluding hydrogens is 524 g/mol. The maximum absolute atomic E-state index is 6.25. The minimum atomic E-state index is 0.800. The zero-order valence-corrected chi connectivity index (χ0v) is 21.0. The van der Waals surface area contributed by atoms with Gasteiger partial charge in [-0.15, -0.1) is 0 Å². The predicted molar refractivity (Wildman–Crippen MR) is 153 cm³/mol. The summed E-state index contributed by atoms with van der Waals surface area (Å²) in [5.41, 5.74) is 8.56. The van der Waals surface area contributed by atoms with Crippen molar-refractivity contribution in [2.24, 2.45) is 0 Å². The fraction of sp³-hybridized carbons (Fsp3) is 0. The van der Waals surface area contributed by atoms with Crippen LogP contribution in [0.1, 0.15) is 0 Å². The van der Waals surface area contributed by atoms with Gasteiger partial charge in [-0.1, -0.05) is 76.6 Å². The normalized spacial score (nSPS) is 11.9. The zero-order valence-electron chi connectivity index (χ0n) is 19.4. The molecule has 4 nitrogen and oxygen atoms in total. The van der Waals surface area contributed by atoms with E-state index >= 15 is 0 Å². The second-order valence-corrected chi connectivity index (χ2v) is 10.0. The van der Waals surface area contributed by atoms with Gasteiger partial charge in [-0.25, -0.2) is 9.97 Å². The molecule has 5 aromatic carbocycles. The van der Waals surface area contributed by atoms with Crippen LogP contribution in [-0.2, 0) is 0 Å². The van der Waals surface area contributed by atoms with E-state index in [0.717, 1.165) is 81.9 Å². The highest BCUT2D eigenvalue weighted by atomic mass is 79.9. The Hall–Kier alpha value is -4.48. The highest BCUT2D eigenvalue weighted by Crippen LogP contribution is 2.44. The van der Waals surface area contributed by atoms with Gasteiger partial charge in [-0.2, -0.15) is 0 Å². The number of furan rings is 2. The zero-order chi connectivity index (χ0) is 24.5. The number of benzene rings is 5. The summed E-state index contributed by atoms with van der Waals surface area (Å²) >= 11 is 3.71. The molecule has 3 heterocycles. The number of hydrogen-bond donors (Lipinski definition) is 0. The first-order chi connectivity index (χ1) is 18.2. The van der Waals surface area contributed by atoms with Crippen molar-refractivity contribution < 1.29 is 8.83 Å². The van der Waals surface area contributed by atoms with Gasteiger partial charge in [0.15, 0.2) is 0 Å². The first-order valence-electron chi connectivity index (χ1n) is 12.0. The van der Waals surface area contributed by atoms with E-state index in [1.54, 1.807) is 0 Å². The molecule has 8 aromatic rings. The molecule has 0 radical (unpaired) electrons. The largest absolute Gasteiger partial charge is 0.456 e. The molecule has 37 heavy (non-hydrogen) atoms. The maximum Gasteiger partial charge on any atom is 0.137 e. The number of para-hydroxylation sites is 4. The van der Waals surface area contributed by atoms with E-state index in [1.807, 2.05) is 78.9 Å². The molecule has 5 heteroatoms. The quantitative estimate of drug-likeness (QED) is 0.219. The topological polar surface area (TPSA) is 52.1 Å². The van der Waals surface area contributed by atoms with Crippen LogP contribution in [-0.4, -0.2) is 9.97 Å². The van der Waals surface area contributed by atoms with Crippen molar-refractivity contribution in [3.8, 4) is 22.5 Å². The Labute approximate surface area is 219 Å². The second kappa shape index (κ2) is 7.76. The molecule has 0 saturated carbocycles. The maximum atomic E-state index is 6.25. The van der Waals surface area contributed by atoms with Gasteiger partial charge in [0.2, 0.25) is 0 Å². The van der Waals surface area contributed by atoms with Crippen molar-refractivity contribution in [1.82, 2.24) is 9.97 Å². The van der Waals surface area contributed by atoms with E-state index in [-0.39, 0.29) is 0 Å². The average Bonchev–Trinajstić information content (AvgIpc) is 3.50. The van der Waals surface area contributed by atoms with Crippen LogP contribution in [0, 0.1) is 0 Å². The predicted octanol–water partition coefficient (Wildman–Crippen LogP) is 9.53. The molecule has 0 aliphatic heterocycles. The van der Waals surface area contributed by atoms with Gasteiger partial charge >= 0.3 is 0 Å². The highest BCUT2D eigenvalue weighted by Gasteiger charge is 2.22. The van der Waals surface area contributed by atoms with E-state index in [0.29, 0.717) is 0 Å². The summed E-state index contributed by atoms with van der Waals surface area (Å²) in [5, 5.41) is 4.16. The third-order valence-electron chi connectivity index (χ3n) is 6.93. The van der Waals surface area contributed by atoms with Crippen LogP contribution >= 0.6 is 15.9 Å². The fourth-order valence-electron chi connectivity index (χ4n) is 5.36. The van der Waals surface area contributed by atoms with Crippen molar-refractivity contribution in [1.29, 1.82) is 0 Å². The Bertz CT molecular complexity index is 2170. The Morgan fingerprint density at radius 1 is 0.486 bits per heavy atom. The molecule has 0 amide bonds. The lowest BCUT2D eigenvalue weighted by Gasteiger charge is -2.13. The molecule has 3 aromatic heterocycles. The molecule has 0 aliphatic rings. The van der Waals surface area contributed by atoms with Crippen LogP contribution in [0.3, 0.4) is 0 Å². The molecule has 0 unspecified atom stereocenters. The third-order valence-corrected chi connectivity index (χ3v) is 7.38. The minimum absolute atomic E-state index is 0.800. The third kappa shape index (κ3) is 3.07. The molecule has 0 fully saturated rings. The molecule has 0 aliphatic carbocycles. The molecule has 174 valence electrons. The molecule has 0 spiro atoms. The van der Waals surface area contributed by atoms with Gasteiger partial charge in [0, 0.05) is 37.1 Å². The molecule has 0 N–H and O–H groups in total. The van der Waals surface area contributed by atoms with E-state index in [9.17, 15) is 0 Å². The number of aromatic nitrogens is 2. The summed E-state index contributed by atoms with van der Waals surface area (Å²) in [6.45, 7) is 0. The number of rotatable bonds is 2. The fourth-order valence-corrected chi connectivity index (χ4v) is 5.79. The lowest BCUT2D eigenvalue weighted by atomic mass is 9.96. The van der Waals surface area contributed by atoms with E-state index in [4.69, 9.17) is 18.8 Å². The smallest absolute Gasteiger partial charge is 0.137 e. The van der Waals surface area contributed by atoms with Gasteiger partial charge in [0.05, 0.1) is 22.4 Å². The summed E-state index contributed by atoms with van der Waals surface area (Å²) in [5.74, 6) is 0. The summed E-state index contributed by atoms with van der Waals surface area (Å²) in [4.78, 5) is 10.4. The van der Waals surface area contributed by atoms with Crippen LogP contribution in [0.15, 0.2) is 116 Å². The van der Waals surface area contributed by atoms with Gasteiger partial charge in [-0.3, -0.25) is 0 Å². The van der Waals surface area contributed by atoms with Crippen LogP contribution in [0.2, 0.25) is 0 Å². The van der Waals surface area contributed by atoms with Crippen molar-refractivity contribution in [3.05, 3.63) is 108 Å². The molecule has 0 atom stereocenters. The van der Waals surface area contributed by atoms with Gasteiger partial charge in [0.1, 0.15) is 22.3 Å². The van der Waals surface area contributed by atoms with E-state index in [1.165, 1.54) is 0 Å². The monoisotopic (exact) mass is 540 g/mol. The average molecular weight is 541 g/mol. The van der Waals surface area contributed by atoms with E-state index < -0.39 is 0 Å². The SMILES string of the molecule is Brc1cc(-c2nc3ccccc3nc2-c2cccc3oc4ccccc4c23)c2c(c1)oc1ccccc12. The molecular formula is C32H17BrN2O2. The highest BCUT2D eigenvalue weighted by molar-refractivity contribution is 9.10. The van der Waals surface area contributed by atoms with Crippen molar-refractivity contribution in [3.63, 3.8) is 0 Å². The minimum Gasteiger partial charge on any atom is -0.456 e. The number of fused-ring (bicyclic) bond motifs is 7. The lowest BCUT2D eigenvalue weighted by molar-refractivity contribution is 0.668. The lowest BCUT2D eigenvalue weighted by Crippen LogP contribution is -1.96. The first kappa shape index (κ1) is 20.7. The summed E-state index contributed by atoms with van der Waals surface area (Å²) in [7, 11) is 0. The van der Waals surface area contributed by atoms with Gasteiger partial charge in [-0.05, 0) is 42.5 Å². The number of hydrogen-bond acceptors (Lipinski definition) is 4. The van der Waals surface area contributed by atoms with Gasteiger partial charge < -0.3 is 8.83 Å². The van der Waals surface area contributed by atoms with E-state index in [2.05, 4.69) is 40.2 Å². The molecule has 0 saturated heterocycles. The van der Waals surface area contributed by atoms with Gasteiger partial charge in [0.25, 0.3) is 0 Å². The Morgan fingerprint density at radius 2 is 1.03 bits per heavy atom. The van der Waals surface area contributed by atoms with Crippen LogP contribution < -0.4 is 0 Å². The second-order valence-electron chi connectivity index (χ2n) is 9.11. The van der Waals surface area contributed by atoms with Crippen molar-refractivity contribution in [2.75, 3.05) is 0 Å². The number of halogens is 1. The number of nitrogens with zero attached hydrogens (tertiary/aromatic N) is 2. The Morgan fingerprint density at radius 3 is 1.73 bits per heavy atom. The summed E-state index contributed by atoms with van der Waals surface area (Å²) < 4.78 is 13.4. The molecule has 8 rings (SSSR count). The Kier molecular flexibility index (Phi) is 4.34. The van der Waals surface area contributed by atoms with Crippen LogP contribution in [0.25, 0.3) is 77.4 Å². The standard InChI is InChI=1S/C32H17BrN2O2/c33-18-16-22(30-20-9-2-6-14-26(20)37-28(30)17-18)32-31(34-23-11-3-4-12-24(23)35-32)21-10-7-15-27-29(21)19-8-1-5-13-25(19)36-27/h1-17H. The van der Waals surface area contributed by atoms with Crippen LogP contribution in [0.5, 0.6) is 0 Å². The van der Waals surface area contributed by atoms with Crippen LogP contribution in [0.4, 0.5) is 0 Å². The molecule has 0 bridgehead atoms. The summed E-state index contributed by atoms with van der Waals surface area (Å²) in [6, 6.07) is 34.5.